The lowest BCUT2D eigenvalue weighted by molar-refractivity contribution is -0.116. The molecule has 1 N–H and O–H groups in total. The highest BCUT2D eigenvalue weighted by Gasteiger charge is 2.22. The molecule has 0 radical (unpaired) electrons. The zero-order valence-corrected chi connectivity index (χ0v) is 18.2. The molecule has 0 fully saturated rings. The second-order valence-electron chi connectivity index (χ2n) is 6.83. The van der Waals surface area contributed by atoms with Crippen molar-refractivity contribution in [2.24, 2.45) is 0 Å². The van der Waals surface area contributed by atoms with Gasteiger partial charge in [0.05, 0.1) is 17.6 Å². The number of amides is 1. The first-order valence-corrected chi connectivity index (χ1v) is 11.4. The van der Waals surface area contributed by atoms with Crippen LogP contribution >= 0.6 is 0 Å². The minimum absolute atomic E-state index is 0.0299. The highest BCUT2D eigenvalue weighted by Crippen LogP contribution is 2.14. The fourth-order valence-corrected chi connectivity index (χ4v) is 4.63. The van der Waals surface area contributed by atoms with Crippen molar-refractivity contribution in [2.45, 2.75) is 31.8 Å². The summed E-state index contributed by atoms with van der Waals surface area (Å²) in [5, 5.41) is 6.95. The number of hydrogen-bond acceptors (Lipinski definition) is 5. The van der Waals surface area contributed by atoms with Crippen molar-refractivity contribution in [1.29, 1.82) is 0 Å². The van der Waals surface area contributed by atoms with Gasteiger partial charge in [-0.05, 0) is 11.6 Å². The monoisotopic (exact) mass is 443 g/mol. The van der Waals surface area contributed by atoms with Gasteiger partial charge >= 0.3 is 0 Å². The number of rotatable bonds is 9. The molecule has 3 rings (SSSR count). The molecule has 10 heteroatoms. The van der Waals surface area contributed by atoms with Crippen LogP contribution < -0.4 is 10.9 Å². The molecule has 0 unspecified atom stereocenters. The molecule has 0 bridgehead atoms. The molecule has 3 aromatic rings. The molecule has 31 heavy (non-hydrogen) atoms. The van der Waals surface area contributed by atoms with Crippen molar-refractivity contribution in [2.75, 3.05) is 18.4 Å². The molecule has 0 aliphatic rings. The van der Waals surface area contributed by atoms with E-state index in [4.69, 9.17) is 0 Å². The van der Waals surface area contributed by atoms with Crippen LogP contribution in [0.15, 0.2) is 70.6 Å². The molecule has 2 heterocycles. The van der Waals surface area contributed by atoms with Crippen LogP contribution in [0.3, 0.4) is 0 Å². The Morgan fingerprint density at radius 1 is 1.06 bits per heavy atom. The van der Waals surface area contributed by atoms with Gasteiger partial charge in [0.25, 0.3) is 5.56 Å². The third-order valence-corrected chi connectivity index (χ3v) is 6.81. The van der Waals surface area contributed by atoms with Gasteiger partial charge in [0, 0.05) is 31.4 Å². The van der Waals surface area contributed by atoms with Crippen LogP contribution in [-0.2, 0) is 27.9 Å². The van der Waals surface area contributed by atoms with Gasteiger partial charge < -0.3 is 9.88 Å². The lowest BCUT2D eigenvalue weighted by atomic mass is 10.2. The van der Waals surface area contributed by atoms with Crippen molar-refractivity contribution >= 4 is 21.7 Å². The Morgan fingerprint density at radius 2 is 1.77 bits per heavy atom. The Kier molecular flexibility index (Phi) is 7.03. The van der Waals surface area contributed by atoms with Crippen molar-refractivity contribution in [3.05, 3.63) is 76.8 Å². The average Bonchev–Trinajstić information content (AvgIpc) is 3.17. The van der Waals surface area contributed by atoms with Crippen LogP contribution in [0.25, 0.3) is 0 Å². The van der Waals surface area contributed by atoms with E-state index in [1.165, 1.54) is 16.6 Å². The Balaban J connectivity index is 1.76. The van der Waals surface area contributed by atoms with Gasteiger partial charge in [0.15, 0.2) is 0 Å². The quantitative estimate of drug-likeness (QED) is 0.542. The fourth-order valence-electron chi connectivity index (χ4n) is 3.16. The molecular formula is C21H25N5O4S. The number of pyridine rings is 1. The van der Waals surface area contributed by atoms with Gasteiger partial charge in [0.2, 0.25) is 15.9 Å². The number of carbonyl (C=O) groups excluding carboxylic acids is 1. The Labute approximate surface area is 181 Å². The maximum absolute atomic E-state index is 12.7. The van der Waals surface area contributed by atoms with Crippen molar-refractivity contribution < 1.29 is 13.2 Å². The second-order valence-corrected chi connectivity index (χ2v) is 8.77. The number of hydrogen-bond donors (Lipinski definition) is 1. The van der Waals surface area contributed by atoms with Crippen molar-refractivity contribution in [3.63, 3.8) is 0 Å². The Morgan fingerprint density at radius 3 is 2.45 bits per heavy atom. The second kappa shape index (κ2) is 9.71. The van der Waals surface area contributed by atoms with E-state index in [1.54, 1.807) is 30.8 Å². The normalized spacial score (nSPS) is 11.6. The van der Waals surface area contributed by atoms with Crippen LogP contribution in [0.2, 0.25) is 0 Å². The topological polar surface area (TPSA) is 106 Å². The largest absolute Gasteiger partial charge is 0.309 e. The van der Waals surface area contributed by atoms with Crippen LogP contribution in [0.4, 0.5) is 5.82 Å². The van der Waals surface area contributed by atoms with Crippen LogP contribution in [0.5, 0.6) is 0 Å². The summed E-state index contributed by atoms with van der Waals surface area (Å²) in [4.78, 5) is 24.8. The van der Waals surface area contributed by atoms with Gasteiger partial charge in [0.1, 0.15) is 12.4 Å². The van der Waals surface area contributed by atoms with Crippen molar-refractivity contribution in [1.82, 2.24) is 18.7 Å². The number of sulfonamides is 1. The van der Waals surface area contributed by atoms with Crippen LogP contribution in [0.1, 0.15) is 19.4 Å². The van der Waals surface area contributed by atoms with E-state index in [2.05, 4.69) is 10.4 Å². The summed E-state index contributed by atoms with van der Waals surface area (Å²) in [6, 6.07) is 13.7. The van der Waals surface area contributed by atoms with Gasteiger partial charge in [-0.2, -0.15) is 9.40 Å². The van der Waals surface area contributed by atoms with Gasteiger partial charge in [-0.3, -0.25) is 9.59 Å². The first kappa shape index (κ1) is 22.4. The number of aromatic nitrogens is 3. The first-order valence-electron chi connectivity index (χ1n) is 9.91. The molecule has 0 aliphatic carbocycles. The summed E-state index contributed by atoms with van der Waals surface area (Å²) in [5.41, 5.74) is 0.554. The minimum atomic E-state index is -3.74. The molecule has 0 aliphatic heterocycles. The molecule has 9 nitrogen and oxygen atoms in total. The highest BCUT2D eigenvalue weighted by atomic mass is 32.2. The van der Waals surface area contributed by atoms with Gasteiger partial charge in [-0.25, -0.2) is 13.1 Å². The molecule has 2 aromatic heterocycles. The fraction of sp³-hybridized carbons (Fsp3) is 0.286. The third kappa shape index (κ3) is 5.28. The number of anilines is 1. The molecule has 0 saturated heterocycles. The summed E-state index contributed by atoms with van der Waals surface area (Å²) in [7, 11) is -3.74. The Bertz CT molecular complexity index is 1200. The predicted molar refractivity (Wildman–Crippen MR) is 117 cm³/mol. The molecular weight excluding hydrogens is 418 g/mol. The SMILES string of the molecule is CCN(CC)S(=O)(=O)c1ccc(=O)n(CC(=O)Nc2ccnn2Cc2ccccc2)c1. The number of nitrogens with one attached hydrogen (secondary N) is 1. The lowest BCUT2D eigenvalue weighted by Crippen LogP contribution is -2.33. The first-order chi connectivity index (χ1) is 14.8. The number of benzene rings is 1. The van der Waals surface area contributed by atoms with Crippen molar-refractivity contribution in [3.8, 4) is 0 Å². The van der Waals surface area contributed by atoms with Crippen LogP contribution in [0, 0.1) is 0 Å². The molecule has 164 valence electrons. The summed E-state index contributed by atoms with van der Waals surface area (Å²) in [6.07, 6.45) is 2.78. The summed E-state index contributed by atoms with van der Waals surface area (Å²) < 4.78 is 29.4. The maximum atomic E-state index is 12.7. The standard InChI is InChI=1S/C21H25N5O4S/c1-3-25(4-2)31(29,30)18-10-11-21(28)24(15-18)16-20(27)23-19-12-13-22-26(19)14-17-8-6-5-7-9-17/h5-13,15H,3-4,14,16H2,1-2H3,(H,23,27). The van der Waals surface area contributed by atoms with E-state index < -0.39 is 21.5 Å². The average molecular weight is 444 g/mol. The third-order valence-electron chi connectivity index (χ3n) is 4.77. The molecule has 0 spiro atoms. The predicted octanol–water partition coefficient (Wildman–Crippen LogP) is 1.76. The lowest BCUT2D eigenvalue weighted by Gasteiger charge is -2.19. The molecule has 0 saturated carbocycles. The van der Waals surface area contributed by atoms with E-state index >= 15 is 0 Å². The number of nitrogens with zero attached hydrogens (tertiary/aromatic N) is 4. The van der Waals surface area contributed by atoms with E-state index in [1.807, 2.05) is 30.3 Å². The highest BCUT2D eigenvalue weighted by molar-refractivity contribution is 7.89. The van der Waals surface area contributed by atoms with E-state index in [0.717, 1.165) is 16.2 Å². The number of carbonyl (C=O) groups is 1. The summed E-state index contributed by atoms with van der Waals surface area (Å²) >= 11 is 0. The maximum Gasteiger partial charge on any atom is 0.251 e. The van der Waals surface area contributed by atoms with Crippen LogP contribution in [-0.4, -0.2) is 46.1 Å². The van der Waals surface area contributed by atoms with E-state index in [9.17, 15) is 18.0 Å². The van der Waals surface area contributed by atoms with Gasteiger partial charge in [-0.15, -0.1) is 0 Å². The van der Waals surface area contributed by atoms with E-state index in [0.29, 0.717) is 25.5 Å². The van der Waals surface area contributed by atoms with Gasteiger partial charge in [-0.1, -0.05) is 44.2 Å². The molecule has 1 amide bonds. The molecule has 1 aromatic carbocycles. The zero-order valence-electron chi connectivity index (χ0n) is 17.4. The Hall–Kier alpha value is -3.24. The zero-order chi connectivity index (χ0) is 22.4. The smallest absolute Gasteiger partial charge is 0.251 e. The van der Waals surface area contributed by atoms with E-state index in [-0.39, 0.29) is 11.4 Å². The minimum Gasteiger partial charge on any atom is -0.309 e. The summed E-state index contributed by atoms with van der Waals surface area (Å²) in [5.74, 6) is 0.0168. The molecule has 0 atom stereocenters. The summed E-state index contributed by atoms with van der Waals surface area (Å²) in [6.45, 7) is 4.25.